The van der Waals surface area contributed by atoms with Crippen molar-refractivity contribution in [1.29, 1.82) is 0 Å². The summed E-state index contributed by atoms with van der Waals surface area (Å²) in [5.74, 6) is 1.17. The zero-order valence-electron chi connectivity index (χ0n) is 19.6. The number of methoxy groups -OCH3 is 2. The fourth-order valence-corrected chi connectivity index (χ4v) is 4.42. The summed E-state index contributed by atoms with van der Waals surface area (Å²) in [5.41, 5.74) is 17.4. The molecule has 0 radical (unpaired) electrons. The van der Waals surface area contributed by atoms with E-state index in [0.29, 0.717) is 24.4 Å². The second-order valence-electron chi connectivity index (χ2n) is 7.98. The van der Waals surface area contributed by atoms with Gasteiger partial charge in [0.05, 0.1) is 30.8 Å². The van der Waals surface area contributed by atoms with Crippen molar-refractivity contribution in [2.24, 2.45) is 11.5 Å². The average molecular weight is 469 g/mol. The smallest absolute Gasteiger partial charge is 0.241 e. The summed E-state index contributed by atoms with van der Waals surface area (Å²) in [6.45, 7) is 4.71. The number of nitrogens with zero attached hydrogens (tertiary/aromatic N) is 1. The van der Waals surface area contributed by atoms with Crippen LogP contribution in [-0.2, 0) is 4.79 Å². The lowest BCUT2D eigenvalue weighted by atomic mass is 9.99. The van der Waals surface area contributed by atoms with E-state index in [1.165, 1.54) is 11.5 Å². The van der Waals surface area contributed by atoms with Crippen LogP contribution in [0.5, 0.6) is 11.5 Å². The van der Waals surface area contributed by atoms with Gasteiger partial charge in [-0.1, -0.05) is 18.6 Å². The predicted octanol–water partition coefficient (Wildman–Crippen LogP) is 4.51. The average Bonchev–Trinajstić information content (AvgIpc) is 3.30. The molecule has 7 nitrogen and oxygen atoms in total. The van der Waals surface area contributed by atoms with E-state index >= 15 is 0 Å². The molecular weight excluding hydrogens is 436 g/mol. The van der Waals surface area contributed by atoms with Crippen molar-refractivity contribution < 1.29 is 14.3 Å². The molecule has 0 spiro atoms. The standard InChI is InChI=1S/C25H32N4O3S/c1-15-11-18(13-23(32-4)16(15)2)24-19(14-28-33-24)17-8-9-22(31-3)21(12-17)29-25(30)20(27)7-5-6-10-26/h8-9,11-14,20H,5-7,10,26-27H2,1-4H3,(H,29,30)/t20-/m1/s1. The van der Waals surface area contributed by atoms with Gasteiger partial charge in [-0.3, -0.25) is 4.79 Å². The number of aromatic nitrogens is 1. The Morgan fingerprint density at radius 2 is 1.85 bits per heavy atom. The molecule has 0 aliphatic carbocycles. The van der Waals surface area contributed by atoms with Crippen molar-refractivity contribution in [3.8, 4) is 33.1 Å². The first kappa shape index (κ1) is 24.7. The van der Waals surface area contributed by atoms with Crippen molar-refractivity contribution in [1.82, 2.24) is 4.37 Å². The maximum Gasteiger partial charge on any atom is 0.241 e. The van der Waals surface area contributed by atoms with Crippen LogP contribution in [0.3, 0.4) is 0 Å². The minimum atomic E-state index is -0.605. The van der Waals surface area contributed by atoms with E-state index in [0.717, 1.165) is 51.3 Å². The number of hydrogen-bond donors (Lipinski definition) is 3. The molecule has 0 fully saturated rings. The largest absolute Gasteiger partial charge is 0.496 e. The molecule has 0 aliphatic heterocycles. The summed E-state index contributed by atoms with van der Waals surface area (Å²) in [7, 11) is 3.25. The number of hydrogen-bond acceptors (Lipinski definition) is 7. The van der Waals surface area contributed by atoms with Gasteiger partial charge in [-0.25, -0.2) is 0 Å². The number of benzene rings is 2. The lowest BCUT2D eigenvalue weighted by Gasteiger charge is -2.16. The third-order valence-corrected chi connectivity index (χ3v) is 6.60. The molecule has 1 amide bonds. The highest BCUT2D eigenvalue weighted by Crippen LogP contribution is 2.40. The number of carbonyl (C=O) groups is 1. The van der Waals surface area contributed by atoms with Gasteiger partial charge in [0.1, 0.15) is 11.5 Å². The predicted molar refractivity (Wildman–Crippen MR) is 135 cm³/mol. The van der Waals surface area contributed by atoms with Gasteiger partial charge in [-0.2, -0.15) is 4.37 Å². The summed E-state index contributed by atoms with van der Waals surface area (Å²) in [4.78, 5) is 13.7. The Labute approximate surface area is 199 Å². The second-order valence-corrected chi connectivity index (χ2v) is 8.79. The van der Waals surface area contributed by atoms with Crippen LogP contribution in [0.4, 0.5) is 5.69 Å². The Balaban J connectivity index is 1.93. The van der Waals surface area contributed by atoms with Crippen LogP contribution in [0, 0.1) is 13.8 Å². The van der Waals surface area contributed by atoms with Gasteiger partial charge in [0.25, 0.3) is 0 Å². The van der Waals surface area contributed by atoms with Gasteiger partial charge >= 0.3 is 0 Å². The fourth-order valence-electron chi connectivity index (χ4n) is 3.66. The molecule has 8 heteroatoms. The molecule has 2 aromatic carbocycles. The molecule has 176 valence electrons. The normalized spacial score (nSPS) is 11.8. The highest BCUT2D eigenvalue weighted by Gasteiger charge is 2.18. The van der Waals surface area contributed by atoms with Gasteiger partial charge < -0.3 is 26.3 Å². The highest BCUT2D eigenvalue weighted by atomic mass is 32.1. The molecule has 0 saturated heterocycles. The monoisotopic (exact) mass is 468 g/mol. The number of ether oxygens (including phenoxy) is 2. The molecule has 1 aromatic heterocycles. The van der Waals surface area contributed by atoms with E-state index in [4.69, 9.17) is 20.9 Å². The lowest BCUT2D eigenvalue weighted by molar-refractivity contribution is -0.117. The first-order valence-corrected chi connectivity index (χ1v) is 11.7. The number of nitrogens with one attached hydrogen (secondary N) is 1. The van der Waals surface area contributed by atoms with Crippen LogP contribution in [0.25, 0.3) is 21.6 Å². The summed E-state index contributed by atoms with van der Waals surface area (Å²) >= 11 is 1.42. The van der Waals surface area contributed by atoms with Gasteiger partial charge in [0, 0.05) is 11.8 Å². The Hall–Kier alpha value is -2.94. The molecule has 0 aliphatic rings. The molecule has 0 unspecified atom stereocenters. The molecule has 0 saturated carbocycles. The highest BCUT2D eigenvalue weighted by molar-refractivity contribution is 7.10. The Bertz CT molecular complexity index is 1110. The molecule has 0 bridgehead atoms. The summed E-state index contributed by atoms with van der Waals surface area (Å²) < 4.78 is 15.5. The van der Waals surface area contributed by atoms with Crippen molar-refractivity contribution in [2.75, 3.05) is 26.1 Å². The van der Waals surface area contributed by atoms with E-state index < -0.39 is 6.04 Å². The van der Waals surface area contributed by atoms with Crippen molar-refractivity contribution >= 4 is 23.1 Å². The topological polar surface area (TPSA) is 112 Å². The maximum absolute atomic E-state index is 12.7. The molecule has 1 atom stereocenters. The van der Waals surface area contributed by atoms with E-state index in [2.05, 4.69) is 22.7 Å². The van der Waals surface area contributed by atoms with Gasteiger partial charge in [-0.15, -0.1) is 0 Å². The number of amides is 1. The van der Waals surface area contributed by atoms with E-state index in [1.54, 1.807) is 14.2 Å². The molecule has 33 heavy (non-hydrogen) atoms. The van der Waals surface area contributed by atoms with Crippen LogP contribution < -0.4 is 26.3 Å². The van der Waals surface area contributed by atoms with E-state index in [1.807, 2.05) is 37.4 Å². The maximum atomic E-state index is 12.7. The first-order valence-electron chi connectivity index (χ1n) is 10.9. The number of anilines is 1. The number of rotatable bonds is 10. The third kappa shape index (κ3) is 5.71. The lowest BCUT2D eigenvalue weighted by Crippen LogP contribution is -2.35. The van der Waals surface area contributed by atoms with Crippen molar-refractivity contribution in [2.45, 2.75) is 39.2 Å². The van der Waals surface area contributed by atoms with Crippen LogP contribution in [0.1, 0.15) is 30.4 Å². The number of carbonyl (C=O) groups excluding carboxylic acids is 1. The van der Waals surface area contributed by atoms with Crippen molar-refractivity contribution in [3.05, 3.63) is 47.7 Å². The Morgan fingerprint density at radius 1 is 1.09 bits per heavy atom. The van der Waals surface area contributed by atoms with E-state index in [9.17, 15) is 4.79 Å². The number of aryl methyl sites for hydroxylation is 1. The van der Waals surface area contributed by atoms with Crippen LogP contribution in [0.2, 0.25) is 0 Å². The number of nitrogens with two attached hydrogens (primary N) is 2. The van der Waals surface area contributed by atoms with Crippen LogP contribution in [0.15, 0.2) is 36.5 Å². The number of unbranched alkanes of at least 4 members (excludes halogenated alkanes) is 1. The molecular formula is C25H32N4O3S. The SMILES string of the molecule is COc1ccc(-c2cnsc2-c2cc(C)c(C)c(OC)c2)cc1NC(=O)[C@H](N)CCCCN. The molecule has 3 rings (SSSR count). The summed E-state index contributed by atoms with van der Waals surface area (Å²) in [6.07, 6.45) is 4.08. The van der Waals surface area contributed by atoms with Crippen molar-refractivity contribution in [3.63, 3.8) is 0 Å². The van der Waals surface area contributed by atoms with Gasteiger partial charge in [0.2, 0.25) is 5.91 Å². The summed E-state index contributed by atoms with van der Waals surface area (Å²) in [6, 6.07) is 9.27. The van der Waals surface area contributed by atoms with Crippen LogP contribution >= 0.6 is 11.5 Å². The minimum Gasteiger partial charge on any atom is -0.496 e. The second kappa shape index (κ2) is 11.3. The molecule has 1 heterocycles. The van der Waals surface area contributed by atoms with Crippen LogP contribution in [-0.4, -0.2) is 37.1 Å². The van der Waals surface area contributed by atoms with Gasteiger partial charge in [0.15, 0.2) is 0 Å². The van der Waals surface area contributed by atoms with Gasteiger partial charge in [-0.05, 0) is 85.2 Å². The Kier molecular flexibility index (Phi) is 8.43. The summed E-state index contributed by atoms with van der Waals surface area (Å²) in [5, 5.41) is 2.93. The quantitative estimate of drug-likeness (QED) is 0.378. The van der Waals surface area contributed by atoms with E-state index in [-0.39, 0.29) is 5.91 Å². The Morgan fingerprint density at radius 3 is 2.55 bits per heavy atom. The third-order valence-electron chi connectivity index (χ3n) is 5.75. The minimum absolute atomic E-state index is 0.245. The molecule has 5 N–H and O–H groups in total. The first-order chi connectivity index (χ1) is 15.9. The zero-order valence-corrected chi connectivity index (χ0v) is 20.4. The molecule has 3 aromatic rings. The fraction of sp³-hybridized carbons (Fsp3) is 0.360. The zero-order chi connectivity index (χ0) is 24.0.